The van der Waals surface area contributed by atoms with E-state index in [2.05, 4.69) is 11.2 Å². The van der Waals surface area contributed by atoms with Gasteiger partial charge in [-0.1, -0.05) is 41.6 Å². The van der Waals surface area contributed by atoms with Crippen molar-refractivity contribution in [2.24, 2.45) is 0 Å². The summed E-state index contributed by atoms with van der Waals surface area (Å²) in [6.07, 6.45) is 0.988. The zero-order chi connectivity index (χ0) is 18.3. The van der Waals surface area contributed by atoms with Crippen molar-refractivity contribution in [3.63, 3.8) is 0 Å². The third-order valence-electron chi connectivity index (χ3n) is 4.49. The van der Waals surface area contributed by atoms with E-state index in [-0.39, 0.29) is 11.3 Å². The van der Waals surface area contributed by atoms with E-state index in [1.165, 1.54) is 12.5 Å². The van der Waals surface area contributed by atoms with Crippen LogP contribution in [-0.4, -0.2) is 16.4 Å². The van der Waals surface area contributed by atoms with Crippen molar-refractivity contribution >= 4 is 35.0 Å². The van der Waals surface area contributed by atoms with Crippen LogP contribution < -0.4 is 4.42 Å². The third kappa shape index (κ3) is 3.22. The van der Waals surface area contributed by atoms with Crippen LogP contribution in [0.1, 0.15) is 24.8 Å². The Hall–Kier alpha value is -2.30. The summed E-state index contributed by atoms with van der Waals surface area (Å²) in [5.41, 5.74) is 4.38. The van der Waals surface area contributed by atoms with Crippen LogP contribution in [0.4, 0.5) is 5.69 Å². The fourth-order valence-electron chi connectivity index (χ4n) is 3.04. The summed E-state index contributed by atoms with van der Waals surface area (Å²) in [5.74, 6) is 0.733. The largest absolute Gasteiger partial charge is 0.356 e. The number of hydrogen-bond acceptors (Lipinski definition) is 3. The minimum absolute atomic E-state index is 0.195. The molecule has 0 aliphatic heterocycles. The van der Waals surface area contributed by atoms with E-state index in [1.807, 2.05) is 36.4 Å². The average Bonchev–Trinajstić information content (AvgIpc) is 3.19. The number of carbonyl (C=O) groups is 1. The zero-order valence-corrected chi connectivity index (χ0v) is 15.5. The molecular formula is C20H16Cl2N2O2. The number of amides is 1. The summed E-state index contributed by atoms with van der Waals surface area (Å²) < 4.78 is 6.63. The van der Waals surface area contributed by atoms with E-state index in [9.17, 15) is 4.79 Å². The fourth-order valence-corrected chi connectivity index (χ4v) is 3.47. The first-order chi connectivity index (χ1) is 12.5. The highest BCUT2D eigenvalue weighted by atomic mass is 35.5. The van der Waals surface area contributed by atoms with Crippen molar-refractivity contribution < 1.29 is 9.32 Å². The van der Waals surface area contributed by atoms with E-state index < -0.39 is 0 Å². The van der Waals surface area contributed by atoms with Gasteiger partial charge in [0.2, 0.25) is 5.91 Å². The molecule has 6 heteroatoms. The van der Waals surface area contributed by atoms with Gasteiger partial charge in [-0.2, -0.15) is 0 Å². The Bertz CT molecular complexity index is 970. The van der Waals surface area contributed by atoms with Gasteiger partial charge in [-0.05, 0) is 24.1 Å². The molecule has 1 heterocycles. The lowest BCUT2D eigenvalue weighted by Gasteiger charge is -2.11. The van der Waals surface area contributed by atoms with E-state index in [1.54, 1.807) is 12.1 Å². The number of halogens is 2. The van der Waals surface area contributed by atoms with E-state index in [0.29, 0.717) is 17.4 Å². The Morgan fingerprint density at radius 3 is 2.69 bits per heavy atom. The highest BCUT2D eigenvalue weighted by molar-refractivity contribution is 6.36. The third-order valence-corrected chi connectivity index (χ3v) is 5.41. The van der Waals surface area contributed by atoms with Crippen LogP contribution in [-0.2, 0) is 4.79 Å². The van der Waals surface area contributed by atoms with Crippen LogP contribution in [0.3, 0.4) is 0 Å². The van der Waals surface area contributed by atoms with Crippen molar-refractivity contribution in [3.05, 3.63) is 60.2 Å². The second-order valence-corrected chi connectivity index (χ2v) is 7.27. The molecule has 0 saturated heterocycles. The molecule has 2 atom stereocenters. The highest BCUT2D eigenvalue weighted by Crippen LogP contribution is 2.48. The SMILES string of the molecule is CC(=O)N(Cl)c1cccc(-c2cc(-c3ccccc3C3CC3Cl)no2)c1. The molecule has 0 radical (unpaired) electrons. The van der Waals surface area contributed by atoms with Crippen LogP contribution >= 0.6 is 23.4 Å². The summed E-state index contributed by atoms with van der Waals surface area (Å²) in [4.78, 5) is 11.5. The minimum Gasteiger partial charge on any atom is -0.356 e. The molecule has 1 saturated carbocycles. The van der Waals surface area contributed by atoms with E-state index in [0.717, 1.165) is 27.7 Å². The maximum Gasteiger partial charge on any atom is 0.238 e. The molecule has 1 fully saturated rings. The molecule has 0 spiro atoms. The van der Waals surface area contributed by atoms with Crippen LogP contribution in [0.25, 0.3) is 22.6 Å². The van der Waals surface area contributed by atoms with Crippen molar-refractivity contribution in [1.29, 1.82) is 0 Å². The molecule has 1 aliphatic rings. The number of nitrogens with zero attached hydrogens (tertiary/aromatic N) is 2. The molecule has 0 bridgehead atoms. The number of alkyl halides is 1. The number of aromatic nitrogens is 1. The van der Waals surface area contributed by atoms with Gasteiger partial charge in [0, 0.05) is 47.2 Å². The molecule has 0 N–H and O–H groups in total. The van der Waals surface area contributed by atoms with Gasteiger partial charge >= 0.3 is 0 Å². The first-order valence-electron chi connectivity index (χ1n) is 8.31. The lowest BCUT2D eigenvalue weighted by Crippen LogP contribution is -2.16. The zero-order valence-electron chi connectivity index (χ0n) is 14.0. The lowest BCUT2D eigenvalue weighted by atomic mass is 10.00. The van der Waals surface area contributed by atoms with Gasteiger partial charge < -0.3 is 4.52 Å². The normalized spacial score (nSPS) is 18.6. The second kappa shape index (κ2) is 6.78. The van der Waals surface area contributed by atoms with Gasteiger partial charge in [0.15, 0.2) is 5.76 Å². The second-order valence-electron chi connectivity index (χ2n) is 6.37. The predicted molar refractivity (Wildman–Crippen MR) is 103 cm³/mol. The average molecular weight is 387 g/mol. The molecule has 1 aliphatic carbocycles. The van der Waals surface area contributed by atoms with Crippen LogP contribution in [0.5, 0.6) is 0 Å². The van der Waals surface area contributed by atoms with Gasteiger partial charge in [-0.3, -0.25) is 4.79 Å². The molecule has 132 valence electrons. The van der Waals surface area contributed by atoms with E-state index in [4.69, 9.17) is 27.9 Å². The summed E-state index contributed by atoms with van der Waals surface area (Å²) in [6, 6.07) is 17.3. The van der Waals surface area contributed by atoms with Gasteiger partial charge in [-0.25, -0.2) is 4.42 Å². The number of hydrogen-bond donors (Lipinski definition) is 0. The molecule has 3 aromatic rings. The first-order valence-corrected chi connectivity index (χ1v) is 9.09. The number of rotatable bonds is 4. The summed E-state index contributed by atoms with van der Waals surface area (Å²) in [7, 11) is 0. The van der Waals surface area contributed by atoms with Crippen molar-refractivity contribution in [1.82, 2.24) is 5.16 Å². The highest BCUT2D eigenvalue weighted by Gasteiger charge is 2.38. The topological polar surface area (TPSA) is 46.3 Å². The van der Waals surface area contributed by atoms with Gasteiger partial charge in [0.1, 0.15) is 5.69 Å². The quantitative estimate of drug-likeness (QED) is 0.432. The van der Waals surface area contributed by atoms with Crippen molar-refractivity contribution in [2.75, 3.05) is 4.42 Å². The summed E-state index contributed by atoms with van der Waals surface area (Å²) in [5, 5.41) is 4.43. The Morgan fingerprint density at radius 2 is 1.96 bits per heavy atom. The first kappa shape index (κ1) is 17.1. The Labute approximate surface area is 161 Å². The Kier molecular flexibility index (Phi) is 4.47. The molecule has 1 aromatic heterocycles. The van der Waals surface area contributed by atoms with Crippen molar-refractivity contribution in [2.45, 2.75) is 24.6 Å². The lowest BCUT2D eigenvalue weighted by molar-refractivity contribution is -0.115. The summed E-state index contributed by atoms with van der Waals surface area (Å²) >= 11 is 12.2. The number of benzene rings is 2. The minimum atomic E-state index is -0.254. The van der Waals surface area contributed by atoms with Crippen LogP contribution in [0.15, 0.2) is 59.1 Å². The van der Waals surface area contributed by atoms with Crippen molar-refractivity contribution in [3.8, 4) is 22.6 Å². The maximum atomic E-state index is 11.5. The molecule has 4 rings (SSSR count). The van der Waals surface area contributed by atoms with E-state index >= 15 is 0 Å². The molecule has 1 amide bonds. The molecular weight excluding hydrogens is 371 g/mol. The molecule has 2 aromatic carbocycles. The standard InChI is InChI=1S/C20H16Cl2N2O2/c1-12(25)24(22)14-6-4-5-13(9-14)20-11-19(23-26-20)16-8-3-2-7-15(16)17-10-18(17)21/h2-9,11,17-18H,10H2,1H3. The molecule has 26 heavy (non-hydrogen) atoms. The van der Waals surface area contributed by atoms with Crippen LogP contribution in [0, 0.1) is 0 Å². The number of anilines is 1. The fraction of sp³-hybridized carbons (Fsp3) is 0.200. The Morgan fingerprint density at radius 1 is 1.19 bits per heavy atom. The molecule has 2 unspecified atom stereocenters. The van der Waals surface area contributed by atoms with Gasteiger partial charge in [0.25, 0.3) is 0 Å². The summed E-state index contributed by atoms with van der Waals surface area (Å²) in [6.45, 7) is 1.41. The number of carbonyl (C=O) groups excluding carboxylic acids is 1. The van der Waals surface area contributed by atoms with Gasteiger partial charge in [0.05, 0.1) is 5.69 Å². The Balaban J connectivity index is 1.68. The van der Waals surface area contributed by atoms with Crippen LogP contribution in [0.2, 0.25) is 0 Å². The molecule has 4 nitrogen and oxygen atoms in total. The maximum absolute atomic E-state index is 11.5. The smallest absolute Gasteiger partial charge is 0.238 e. The predicted octanol–water partition coefficient (Wildman–Crippen LogP) is 5.61. The van der Waals surface area contributed by atoms with Gasteiger partial charge in [-0.15, -0.1) is 11.6 Å². The monoisotopic (exact) mass is 386 g/mol.